The van der Waals surface area contributed by atoms with Crippen molar-refractivity contribution in [1.82, 2.24) is 4.98 Å². The van der Waals surface area contributed by atoms with E-state index in [0.29, 0.717) is 0 Å². The van der Waals surface area contributed by atoms with E-state index in [1.54, 1.807) is 0 Å². The molecule has 10 aromatic carbocycles. The lowest BCUT2D eigenvalue weighted by molar-refractivity contribution is 1.28. The Morgan fingerprint density at radius 1 is 0.238 bits per heavy atom. The molecule has 3 nitrogen and oxygen atoms in total. The van der Waals surface area contributed by atoms with Gasteiger partial charge in [0.2, 0.25) is 0 Å². The number of H-pyrrole nitrogens is 1. The summed E-state index contributed by atoms with van der Waals surface area (Å²) < 4.78 is 0. The Morgan fingerprint density at radius 2 is 0.556 bits per heavy atom. The van der Waals surface area contributed by atoms with Gasteiger partial charge in [0.25, 0.3) is 0 Å². The van der Waals surface area contributed by atoms with E-state index in [-0.39, 0.29) is 0 Å². The lowest BCUT2D eigenvalue weighted by atomic mass is 9.99. The molecule has 11 aromatic rings. The van der Waals surface area contributed by atoms with Crippen molar-refractivity contribution in [2.45, 2.75) is 0 Å². The highest BCUT2D eigenvalue weighted by Crippen LogP contribution is 2.43. The molecule has 0 saturated carbocycles. The van der Waals surface area contributed by atoms with Crippen molar-refractivity contribution in [3.63, 3.8) is 0 Å². The minimum Gasteiger partial charge on any atom is -0.355 e. The van der Waals surface area contributed by atoms with Gasteiger partial charge in [0, 0.05) is 55.7 Å². The molecular formula is C60H43N3. The van der Waals surface area contributed by atoms with Crippen LogP contribution in [0.25, 0.3) is 66.3 Å². The largest absolute Gasteiger partial charge is 0.355 e. The third-order valence-electron chi connectivity index (χ3n) is 12.0. The zero-order valence-electron chi connectivity index (χ0n) is 34.6. The summed E-state index contributed by atoms with van der Waals surface area (Å²) in [6.45, 7) is 0. The fourth-order valence-electron chi connectivity index (χ4n) is 8.93. The minimum atomic E-state index is 1.10. The quantitative estimate of drug-likeness (QED) is 0.149. The number of hydrogen-bond acceptors (Lipinski definition) is 2. The van der Waals surface area contributed by atoms with Crippen molar-refractivity contribution in [2.24, 2.45) is 0 Å². The molecule has 11 rings (SSSR count). The molecule has 0 spiro atoms. The second-order valence-corrected chi connectivity index (χ2v) is 15.8. The fourth-order valence-corrected chi connectivity index (χ4v) is 8.93. The van der Waals surface area contributed by atoms with Gasteiger partial charge in [0.05, 0.1) is 11.4 Å². The minimum absolute atomic E-state index is 1.10. The first-order valence-electron chi connectivity index (χ1n) is 21.5. The van der Waals surface area contributed by atoms with Crippen molar-refractivity contribution in [1.29, 1.82) is 0 Å². The molecule has 1 aromatic heterocycles. The van der Waals surface area contributed by atoms with Crippen LogP contribution in [0.3, 0.4) is 0 Å². The van der Waals surface area contributed by atoms with Crippen LogP contribution >= 0.6 is 0 Å². The first-order valence-corrected chi connectivity index (χ1v) is 21.5. The van der Waals surface area contributed by atoms with Crippen LogP contribution in [0.4, 0.5) is 34.1 Å². The van der Waals surface area contributed by atoms with Gasteiger partial charge in [0.15, 0.2) is 0 Å². The predicted octanol–water partition coefficient (Wildman–Crippen LogP) is 16.9. The van der Waals surface area contributed by atoms with Crippen molar-refractivity contribution >= 4 is 55.9 Å². The van der Waals surface area contributed by atoms with E-state index in [1.807, 2.05) is 0 Å². The van der Waals surface area contributed by atoms with E-state index in [0.717, 1.165) is 45.2 Å². The highest BCUT2D eigenvalue weighted by Gasteiger charge is 2.19. The van der Waals surface area contributed by atoms with Crippen molar-refractivity contribution in [3.8, 4) is 44.5 Å². The van der Waals surface area contributed by atoms with E-state index in [9.17, 15) is 0 Å². The third-order valence-corrected chi connectivity index (χ3v) is 12.0. The standard InChI is InChI=1S/C60H43N3/c1-5-17-45(18-6-1)53-25-13-15-27-59(53)62(49-21-9-3-10-22-49)51-35-29-43(30-36-51)47-33-39-57-55(41-47)56-42-48(34-40-58(56)61-57)44-31-37-52(38-32-44)63(50-23-11-4-12-24-50)60-28-16-14-26-54(60)46-19-7-2-8-20-46/h1-42,61H. The van der Waals surface area contributed by atoms with E-state index in [4.69, 9.17) is 0 Å². The van der Waals surface area contributed by atoms with Crippen molar-refractivity contribution in [2.75, 3.05) is 9.80 Å². The van der Waals surface area contributed by atoms with E-state index < -0.39 is 0 Å². The summed E-state index contributed by atoms with van der Waals surface area (Å²) in [5.74, 6) is 0. The first kappa shape index (κ1) is 37.6. The number of benzene rings is 10. The lowest BCUT2D eigenvalue weighted by Crippen LogP contribution is -2.11. The van der Waals surface area contributed by atoms with Gasteiger partial charge in [-0.25, -0.2) is 0 Å². The molecule has 0 unspecified atom stereocenters. The molecule has 0 radical (unpaired) electrons. The van der Waals surface area contributed by atoms with Crippen LogP contribution in [0.2, 0.25) is 0 Å². The molecule has 63 heavy (non-hydrogen) atoms. The molecule has 1 heterocycles. The zero-order chi connectivity index (χ0) is 42.0. The van der Waals surface area contributed by atoms with E-state index in [2.05, 4.69) is 270 Å². The predicted molar refractivity (Wildman–Crippen MR) is 267 cm³/mol. The smallest absolute Gasteiger partial charge is 0.0540 e. The molecular weight excluding hydrogens is 763 g/mol. The summed E-state index contributed by atoms with van der Waals surface area (Å²) in [6, 6.07) is 91.3. The van der Waals surface area contributed by atoms with Gasteiger partial charge in [-0.05, 0) is 118 Å². The Morgan fingerprint density at radius 3 is 0.952 bits per heavy atom. The summed E-state index contributed by atoms with van der Waals surface area (Å²) in [5.41, 5.74) is 18.4. The van der Waals surface area contributed by atoms with Crippen molar-refractivity contribution < 1.29 is 0 Å². The molecule has 0 aliphatic heterocycles. The number of nitrogens with zero attached hydrogens (tertiary/aromatic N) is 2. The molecule has 1 N–H and O–H groups in total. The molecule has 0 saturated heterocycles. The Balaban J connectivity index is 0.924. The summed E-state index contributed by atoms with van der Waals surface area (Å²) in [4.78, 5) is 8.39. The summed E-state index contributed by atoms with van der Waals surface area (Å²) in [6.07, 6.45) is 0. The Labute approximate surface area is 368 Å². The summed E-state index contributed by atoms with van der Waals surface area (Å²) in [5, 5.41) is 2.42. The van der Waals surface area contributed by atoms with E-state index >= 15 is 0 Å². The molecule has 0 aliphatic carbocycles. The molecule has 298 valence electrons. The van der Waals surface area contributed by atoms with Gasteiger partial charge >= 0.3 is 0 Å². The molecule has 0 fully saturated rings. The summed E-state index contributed by atoms with van der Waals surface area (Å²) in [7, 11) is 0. The molecule has 0 amide bonds. The number of aromatic amines is 1. The Hall–Kier alpha value is -8.40. The maximum absolute atomic E-state index is 3.68. The molecule has 0 aliphatic rings. The van der Waals surface area contributed by atoms with Gasteiger partial charge in [-0.2, -0.15) is 0 Å². The first-order chi connectivity index (χ1) is 31.2. The van der Waals surface area contributed by atoms with Crippen molar-refractivity contribution in [3.05, 3.63) is 255 Å². The highest BCUT2D eigenvalue weighted by molar-refractivity contribution is 6.10. The van der Waals surface area contributed by atoms with Crippen LogP contribution in [-0.4, -0.2) is 4.98 Å². The van der Waals surface area contributed by atoms with E-state index in [1.165, 1.54) is 55.3 Å². The Kier molecular flexibility index (Phi) is 9.89. The monoisotopic (exact) mass is 805 g/mol. The highest BCUT2D eigenvalue weighted by atomic mass is 15.1. The van der Waals surface area contributed by atoms with Crippen LogP contribution < -0.4 is 9.80 Å². The number of fused-ring (bicyclic) bond motifs is 3. The number of aromatic nitrogens is 1. The number of rotatable bonds is 10. The maximum Gasteiger partial charge on any atom is 0.0540 e. The van der Waals surface area contributed by atoms with Crippen LogP contribution in [-0.2, 0) is 0 Å². The normalized spacial score (nSPS) is 11.2. The third kappa shape index (κ3) is 7.32. The molecule has 0 bridgehead atoms. The van der Waals surface area contributed by atoms with Gasteiger partial charge in [-0.1, -0.05) is 170 Å². The second-order valence-electron chi connectivity index (χ2n) is 15.8. The topological polar surface area (TPSA) is 22.3 Å². The number of nitrogens with one attached hydrogen (secondary N) is 1. The molecule has 3 heteroatoms. The second kappa shape index (κ2) is 16.6. The number of hydrogen-bond donors (Lipinski definition) is 1. The van der Waals surface area contributed by atoms with Crippen LogP contribution in [0, 0.1) is 0 Å². The fraction of sp³-hybridized carbons (Fsp3) is 0. The molecule has 0 atom stereocenters. The summed E-state index contributed by atoms with van der Waals surface area (Å²) >= 11 is 0. The van der Waals surface area contributed by atoms with Gasteiger partial charge in [0.1, 0.15) is 0 Å². The average Bonchev–Trinajstić information content (AvgIpc) is 3.73. The SMILES string of the molecule is c1ccc(-c2ccccc2N(c2ccccc2)c2ccc(-c3ccc4[nH]c5ccc(-c6ccc(N(c7ccccc7)c7ccccc7-c7ccccc7)cc6)cc5c4c3)cc2)cc1. The van der Waals surface area contributed by atoms with Gasteiger partial charge in [-0.3, -0.25) is 0 Å². The van der Waals surface area contributed by atoms with Crippen LogP contribution in [0.1, 0.15) is 0 Å². The van der Waals surface area contributed by atoms with Crippen LogP contribution in [0.5, 0.6) is 0 Å². The number of para-hydroxylation sites is 4. The Bertz CT molecular complexity index is 3080. The number of anilines is 6. The van der Waals surface area contributed by atoms with Crippen LogP contribution in [0.15, 0.2) is 255 Å². The van der Waals surface area contributed by atoms with Gasteiger partial charge < -0.3 is 14.8 Å². The lowest BCUT2D eigenvalue weighted by Gasteiger charge is -2.28. The maximum atomic E-state index is 3.68. The average molecular weight is 806 g/mol. The van der Waals surface area contributed by atoms with Gasteiger partial charge in [-0.15, -0.1) is 0 Å². The zero-order valence-corrected chi connectivity index (χ0v) is 34.6.